The Balaban J connectivity index is 2.01. The molecular weight excluding hydrogens is 410 g/mol. The van der Waals surface area contributed by atoms with Crippen molar-refractivity contribution in [2.45, 2.75) is 10.3 Å². The quantitative estimate of drug-likeness (QED) is 0.509. The maximum Gasteiger partial charge on any atom is 0.311 e. The van der Waals surface area contributed by atoms with Crippen LogP contribution < -0.4 is 4.74 Å². The normalized spacial score (nSPS) is 17.4. The lowest BCUT2D eigenvalue weighted by molar-refractivity contribution is -0.385. The fraction of sp³-hybridized carbons (Fsp3) is 0.250. The monoisotopic (exact) mass is 425 g/mol. The molecule has 28 heavy (non-hydrogen) atoms. The van der Waals surface area contributed by atoms with Gasteiger partial charge in [-0.05, 0) is 17.7 Å². The highest BCUT2D eigenvalue weighted by molar-refractivity contribution is 8.01. The molecule has 1 saturated heterocycles. The van der Waals surface area contributed by atoms with Gasteiger partial charge in [-0.15, -0.1) is 11.8 Å². The first-order chi connectivity index (χ1) is 13.3. The molecule has 1 heterocycles. The molecule has 2 aromatic rings. The van der Waals surface area contributed by atoms with E-state index in [1.165, 1.54) is 53.5 Å². The zero-order valence-corrected chi connectivity index (χ0v) is 16.2. The van der Waals surface area contributed by atoms with Crippen molar-refractivity contribution >= 4 is 33.2 Å². The van der Waals surface area contributed by atoms with Crippen LogP contribution in [-0.2, 0) is 10.0 Å². The van der Waals surface area contributed by atoms with Crippen LogP contribution in [0.15, 0.2) is 47.4 Å². The van der Waals surface area contributed by atoms with E-state index in [1.54, 1.807) is 6.07 Å². The Bertz CT molecular complexity index is 1040. The molecule has 0 spiro atoms. The SMILES string of the molecule is COc1ccc(C2SCCN2S(=O)(=O)c2cccc([N+](=O)[O-])c2)cc1[N+](=O)[O-]. The topological polar surface area (TPSA) is 133 Å². The first kappa shape index (κ1) is 20.0. The van der Waals surface area contributed by atoms with Gasteiger partial charge in [0.15, 0.2) is 5.75 Å². The van der Waals surface area contributed by atoms with E-state index in [2.05, 4.69) is 0 Å². The summed E-state index contributed by atoms with van der Waals surface area (Å²) in [6.07, 6.45) is 0. The second kappa shape index (κ2) is 7.73. The van der Waals surface area contributed by atoms with Crippen LogP contribution in [0, 0.1) is 20.2 Å². The molecular formula is C16H15N3O7S2. The molecule has 1 unspecified atom stereocenters. The molecule has 0 N–H and O–H groups in total. The molecule has 0 amide bonds. The van der Waals surface area contributed by atoms with Crippen molar-refractivity contribution < 1.29 is 23.0 Å². The minimum Gasteiger partial charge on any atom is -0.490 e. The first-order valence-electron chi connectivity index (χ1n) is 7.96. The summed E-state index contributed by atoms with van der Waals surface area (Å²) in [7, 11) is -2.72. The van der Waals surface area contributed by atoms with E-state index in [0.717, 1.165) is 6.07 Å². The van der Waals surface area contributed by atoms with Crippen molar-refractivity contribution in [2.75, 3.05) is 19.4 Å². The Morgan fingerprint density at radius 2 is 1.89 bits per heavy atom. The van der Waals surface area contributed by atoms with Crippen molar-refractivity contribution in [1.29, 1.82) is 0 Å². The van der Waals surface area contributed by atoms with E-state index in [4.69, 9.17) is 4.74 Å². The fourth-order valence-electron chi connectivity index (χ4n) is 2.86. The third-order valence-corrected chi connectivity index (χ3v) is 7.42. The minimum atomic E-state index is -4.03. The number of nitro groups is 2. The van der Waals surface area contributed by atoms with E-state index in [0.29, 0.717) is 11.3 Å². The number of nitro benzene ring substituents is 2. The highest BCUT2D eigenvalue weighted by Crippen LogP contribution is 2.43. The van der Waals surface area contributed by atoms with Crippen molar-refractivity contribution in [3.05, 3.63) is 68.3 Å². The average molecular weight is 425 g/mol. The molecule has 1 fully saturated rings. The second-order valence-corrected chi connectivity index (χ2v) is 8.86. The largest absolute Gasteiger partial charge is 0.490 e. The Labute approximate surface area is 164 Å². The lowest BCUT2D eigenvalue weighted by Gasteiger charge is -2.23. The van der Waals surface area contributed by atoms with Crippen LogP contribution >= 0.6 is 11.8 Å². The lowest BCUT2D eigenvalue weighted by atomic mass is 10.2. The molecule has 2 aromatic carbocycles. The molecule has 1 aliphatic heterocycles. The molecule has 10 nitrogen and oxygen atoms in total. The van der Waals surface area contributed by atoms with Gasteiger partial charge in [0.05, 0.1) is 27.2 Å². The molecule has 0 bridgehead atoms. The standard InChI is InChI=1S/C16H15N3O7S2/c1-26-15-6-5-11(9-14(15)19(22)23)16-17(7-8-27-16)28(24,25)13-4-2-3-12(10-13)18(20)21/h2-6,9-10,16H,7-8H2,1H3. The summed E-state index contributed by atoms with van der Waals surface area (Å²) in [6, 6.07) is 9.10. The zero-order chi connectivity index (χ0) is 20.5. The van der Waals surface area contributed by atoms with Gasteiger partial charge in [-0.3, -0.25) is 20.2 Å². The predicted octanol–water partition coefficient (Wildman–Crippen LogP) is 2.95. The first-order valence-corrected chi connectivity index (χ1v) is 10.4. The molecule has 1 aliphatic rings. The highest BCUT2D eigenvalue weighted by Gasteiger charge is 2.38. The highest BCUT2D eigenvalue weighted by atomic mass is 32.2. The Morgan fingerprint density at radius 1 is 1.14 bits per heavy atom. The number of sulfonamides is 1. The second-order valence-electron chi connectivity index (χ2n) is 5.78. The van der Waals surface area contributed by atoms with Crippen LogP contribution in [0.1, 0.15) is 10.9 Å². The molecule has 0 radical (unpaired) electrons. The van der Waals surface area contributed by atoms with Crippen LogP contribution in [0.25, 0.3) is 0 Å². The summed E-state index contributed by atoms with van der Waals surface area (Å²) >= 11 is 1.32. The minimum absolute atomic E-state index is 0.0739. The number of nitrogens with zero attached hydrogens (tertiary/aromatic N) is 3. The smallest absolute Gasteiger partial charge is 0.311 e. The van der Waals surface area contributed by atoms with E-state index in [9.17, 15) is 28.6 Å². The van der Waals surface area contributed by atoms with Crippen molar-refractivity contribution in [1.82, 2.24) is 4.31 Å². The van der Waals surface area contributed by atoms with Crippen molar-refractivity contribution in [3.63, 3.8) is 0 Å². The summed E-state index contributed by atoms with van der Waals surface area (Å²) in [5.41, 5.74) is -0.159. The molecule has 0 aliphatic carbocycles. The van der Waals surface area contributed by atoms with Gasteiger partial charge in [-0.2, -0.15) is 4.31 Å². The van der Waals surface area contributed by atoms with Gasteiger partial charge in [0.25, 0.3) is 5.69 Å². The number of methoxy groups -OCH3 is 1. The van der Waals surface area contributed by atoms with E-state index in [-0.39, 0.29) is 28.6 Å². The Morgan fingerprint density at radius 3 is 2.54 bits per heavy atom. The molecule has 148 valence electrons. The van der Waals surface area contributed by atoms with Gasteiger partial charge in [0, 0.05) is 30.5 Å². The van der Waals surface area contributed by atoms with Gasteiger partial charge >= 0.3 is 5.69 Å². The zero-order valence-electron chi connectivity index (χ0n) is 14.5. The van der Waals surface area contributed by atoms with Crippen LogP contribution in [0.5, 0.6) is 5.75 Å². The summed E-state index contributed by atoms with van der Waals surface area (Å²) in [4.78, 5) is 20.8. The van der Waals surface area contributed by atoms with Gasteiger partial charge in [0.2, 0.25) is 10.0 Å². The fourth-order valence-corrected chi connectivity index (χ4v) is 6.13. The lowest BCUT2D eigenvalue weighted by Crippen LogP contribution is -2.30. The predicted molar refractivity (Wildman–Crippen MR) is 102 cm³/mol. The number of thioether (sulfide) groups is 1. The van der Waals surface area contributed by atoms with Crippen molar-refractivity contribution in [2.24, 2.45) is 0 Å². The molecule has 0 aromatic heterocycles. The molecule has 12 heteroatoms. The number of ether oxygens (including phenoxy) is 1. The number of hydrogen-bond acceptors (Lipinski definition) is 8. The van der Waals surface area contributed by atoms with Crippen molar-refractivity contribution in [3.8, 4) is 5.75 Å². The third-order valence-electron chi connectivity index (χ3n) is 4.17. The Hall–Kier alpha value is -2.70. The Kier molecular flexibility index (Phi) is 5.54. The summed E-state index contributed by atoms with van der Waals surface area (Å²) in [6.45, 7) is 0.181. The average Bonchev–Trinajstić information content (AvgIpc) is 3.18. The molecule has 1 atom stereocenters. The number of rotatable bonds is 6. The van der Waals surface area contributed by atoms with E-state index >= 15 is 0 Å². The van der Waals surface area contributed by atoms with Crippen LogP contribution in [-0.4, -0.2) is 42.0 Å². The number of non-ortho nitro benzene ring substituents is 1. The van der Waals surface area contributed by atoms with Gasteiger partial charge in [0.1, 0.15) is 0 Å². The maximum atomic E-state index is 13.1. The van der Waals surface area contributed by atoms with Crippen LogP contribution in [0.2, 0.25) is 0 Å². The van der Waals surface area contributed by atoms with Gasteiger partial charge in [-0.1, -0.05) is 12.1 Å². The number of benzene rings is 2. The van der Waals surface area contributed by atoms with E-state index < -0.39 is 25.2 Å². The number of hydrogen-bond donors (Lipinski definition) is 0. The maximum absolute atomic E-state index is 13.1. The molecule has 3 rings (SSSR count). The third kappa shape index (κ3) is 3.66. The summed E-state index contributed by atoms with van der Waals surface area (Å²) < 4.78 is 32.3. The van der Waals surface area contributed by atoms with E-state index in [1.807, 2.05) is 0 Å². The van der Waals surface area contributed by atoms with Gasteiger partial charge < -0.3 is 4.74 Å². The van der Waals surface area contributed by atoms with Gasteiger partial charge in [-0.25, -0.2) is 8.42 Å². The summed E-state index contributed by atoms with van der Waals surface area (Å²) in [5.74, 6) is 0.559. The molecule has 0 saturated carbocycles. The summed E-state index contributed by atoms with van der Waals surface area (Å²) in [5, 5.41) is 21.6. The van der Waals surface area contributed by atoms with Crippen LogP contribution in [0.3, 0.4) is 0 Å². The van der Waals surface area contributed by atoms with Crippen LogP contribution in [0.4, 0.5) is 11.4 Å².